The molecule has 6 rings (SSSR count). The summed E-state index contributed by atoms with van der Waals surface area (Å²) in [5.74, 6) is -0.294. The number of H-pyrrole nitrogens is 1. The summed E-state index contributed by atoms with van der Waals surface area (Å²) >= 11 is 0. The van der Waals surface area contributed by atoms with Crippen LogP contribution in [0.4, 0.5) is 29.5 Å². The highest BCUT2D eigenvalue weighted by molar-refractivity contribution is 6.04. The fourth-order valence-electron chi connectivity index (χ4n) is 6.32. The molecule has 3 N–H and O–H groups in total. The number of nitrogens with one attached hydrogen (secondary N) is 3. The number of benzene rings is 2. The Morgan fingerprint density at radius 3 is 2.35 bits per heavy atom. The molecule has 2 aliphatic heterocycles. The lowest BCUT2D eigenvalue weighted by atomic mass is 10.0. The number of likely N-dealkylation sites (tertiary alicyclic amines) is 1. The average Bonchev–Trinajstić information content (AvgIpc) is 3.85. The molecule has 0 aliphatic carbocycles. The van der Waals surface area contributed by atoms with Crippen molar-refractivity contribution in [2.45, 2.75) is 24.9 Å². The number of carbonyl (C=O) groups excluding carboxylic acids is 4. The number of anilines is 2. The Balaban J connectivity index is 1.15. The van der Waals surface area contributed by atoms with Gasteiger partial charge in [0.2, 0.25) is 12.3 Å². The summed E-state index contributed by atoms with van der Waals surface area (Å²) in [5.41, 5.74) is 2.10. The lowest BCUT2D eigenvalue weighted by molar-refractivity contribution is -0.274. The van der Waals surface area contributed by atoms with Gasteiger partial charge >= 0.3 is 12.5 Å². The lowest BCUT2D eigenvalue weighted by Gasteiger charge is -2.33. The maximum Gasteiger partial charge on any atom is 0.573 e. The zero-order chi connectivity index (χ0) is 38.4. The maximum atomic E-state index is 13.6. The third-order valence-electron chi connectivity index (χ3n) is 9.17. The number of aromatic nitrogens is 3. The van der Waals surface area contributed by atoms with Gasteiger partial charge in [-0.05, 0) is 35.4 Å². The van der Waals surface area contributed by atoms with Crippen molar-refractivity contribution in [1.29, 1.82) is 0 Å². The number of alkyl halides is 3. The second-order valence-electron chi connectivity index (χ2n) is 12.5. The molecule has 4 heterocycles. The van der Waals surface area contributed by atoms with E-state index in [1.807, 2.05) is 4.90 Å². The summed E-state index contributed by atoms with van der Waals surface area (Å²) in [7, 11) is 2.75. The fourth-order valence-corrected chi connectivity index (χ4v) is 6.32. The Kier molecular flexibility index (Phi) is 11.3. The number of pyridine rings is 1. The highest BCUT2D eigenvalue weighted by Gasteiger charge is 2.38. The van der Waals surface area contributed by atoms with Gasteiger partial charge in [-0.1, -0.05) is 24.3 Å². The maximum absolute atomic E-state index is 13.6. The molecule has 4 aromatic rings. The minimum absolute atomic E-state index is 0.0786. The number of imidazole rings is 1. The molecule has 2 saturated heterocycles. The minimum atomic E-state index is -5.01. The van der Waals surface area contributed by atoms with Crippen molar-refractivity contribution in [3.8, 4) is 28.1 Å². The number of amides is 4. The molecule has 4 amide bonds. The third-order valence-corrected chi connectivity index (χ3v) is 9.17. The quantitative estimate of drug-likeness (QED) is 0.189. The molecule has 0 bridgehead atoms. The molecule has 2 aromatic heterocycles. The van der Waals surface area contributed by atoms with E-state index in [2.05, 4.69) is 35.1 Å². The van der Waals surface area contributed by atoms with Crippen LogP contribution >= 0.6 is 0 Å². The average molecular weight is 751 g/mol. The molecule has 18 heteroatoms. The molecule has 54 heavy (non-hydrogen) atoms. The Morgan fingerprint density at radius 2 is 1.70 bits per heavy atom. The van der Waals surface area contributed by atoms with Crippen LogP contribution in [0.3, 0.4) is 0 Å². The molecule has 284 valence electrons. The Labute approximate surface area is 307 Å². The van der Waals surface area contributed by atoms with E-state index in [0.717, 1.165) is 12.5 Å². The van der Waals surface area contributed by atoms with Gasteiger partial charge in [-0.15, -0.1) is 13.2 Å². The van der Waals surface area contributed by atoms with E-state index in [9.17, 15) is 32.3 Å². The summed E-state index contributed by atoms with van der Waals surface area (Å²) in [5, 5.41) is 5.00. The number of methoxy groups -OCH3 is 2. The van der Waals surface area contributed by atoms with Gasteiger partial charge in [-0.2, -0.15) is 0 Å². The van der Waals surface area contributed by atoms with Crippen molar-refractivity contribution in [1.82, 2.24) is 30.1 Å². The summed E-state index contributed by atoms with van der Waals surface area (Å²) in [6.07, 6.45) is -1.74. The monoisotopic (exact) mass is 750 g/mol. The molecule has 2 aromatic carbocycles. The summed E-state index contributed by atoms with van der Waals surface area (Å²) in [4.78, 5) is 65.7. The number of aromatic amines is 1. The van der Waals surface area contributed by atoms with E-state index in [-0.39, 0.29) is 35.4 Å². The molecular formula is C36H37F3N8O7. The second kappa shape index (κ2) is 16.2. The summed E-state index contributed by atoms with van der Waals surface area (Å²) in [6, 6.07) is 13.5. The number of nitrogens with zero attached hydrogens (tertiary/aromatic N) is 5. The first-order chi connectivity index (χ1) is 25.9. The lowest BCUT2D eigenvalue weighted by Crippen LogP contribution is -2.46. The van der Waals surface area contributed by atoms with Crippen LogP contribution in [0.25, 0.3) is 22.4 Å². The molecule has 2 unspecified atom stereocenters. The fraction of sp³-hybridized carbons (Fsp3) is 0.333. The van der Waals surface area contributed by atoms with Crippen molar-refractivity contribution in [2.75, 3.05) is 63.7 Å². The van der Waals surface area contributed by atoms with E-state index < -0.39 is 30.2 Å². The van der Waals surface area contributed by atoms with Crippen LogP contribution in [0.1, 0.15) is 28.6 Å². The molecule has 2 atom stereocenters. The smallest absolute Gasteiger partial charge is 0.453 e. The van der Waals surface area contributed by atoms with Crippen molar-refractivity contribution in [2.24, 2.45) is 0 Å². The van der Waals surface area contributed by atoms with Gasteiger partial charge in [0.25, 0.3) is 5.91 Å². The van der Waals surface area contributed by atoms with Crippen LogP contribution in [-0.4, -0.2) is 115 Å². The molecule has 0 radical (unpaired) electrons. The van der Waals surface area contributed by atoms with Gasteiger partial charge in [-0.3, -0.25) is 14.4 Å². The van der Waals surface area contributed by atoms with Gasteiger partial charge in [-0.25, -0.2) is 14.8 Å². The third kappa shape index (κ3) is 8.88. The predicted octanol–water partition coefficient (Wildman–Crippen LogP) is 4.21. The standard InChI is InChI=1S/C36H37F3N8O7/c1-52-26-16-29(47(20-26)32(49)19-42-35(51)53-2)33-41-18-28(44-33)23-5-3-22(4-6-23)27-9-8-25(15-30(27)54-36(37,38)39)43-34(50)24-7-10-31(40-17-24)46-13-11-45(21-48)12-14-46/h3-10,15,17-18,21,26,29H,11-14,16,19-20H2,1-2H3,(H,41,44)(H,42,51)(H,43,50). The van der Waals surface area contributed by atoms with E-state index in [4.69, 9.17) is 4.74 Å². The first-order valence-electron chi connectivity index (χ1n) is 16.9. The van der Waals surface area contributed by atoms with Crippen molar-refractivity contribution in [3.63, 3.8) is 0 Å². The van der Waals surface area contributed by atoms with Gasteiger partial charge in [0.05, 0.1) is 36.7 Å². The molecule has 2 fully saturated rings. The van der Waals surface area contributed by atoms with Crippen molar-refractivity contribution in [3.05, 3.63) is 78.4 Å². The zero-order valence-corrected chi connectivity index (χ0v) is 29.3. The number of rotatable bonds is 11. The molecule has 15 nitrogen and oxygen atoms in total. The molecule has 0 spiro atoms. The largest absolute Gasteiger partial charge is 0.573 e. The summed E-state index contributed by atoms with van der Waals surface area (Å²) in [6.45, 7) is 2.33. The zero-order valence-electron chi connectivity index (χ0n) is 29.3. The predicted molar refractivity (Wildman–Crippen MR) is 188 cm³/mol. The number of alkyl carbamates (subject to hydrolysis) is 1. The highest BCUT2D eigenvalue weighted by Crippen LogP contribution is 2.38. The van der Waals surface area contributed by atoms with E-state index >= 15 is 0 Å². The number of hydrogen-bond donors (Lipinski definition) is 3. The summed E-state index contributed by atoms with van der Waals surface area (Å²) < 4.78 is 55.1. The van der Waals surface area contributed by atoms with E-state index in [0.29, 0.717) is 67.6 Å². The Bertz CT molecular complexity index is 1970. The van der Waals surface area contributed by atoms with Crippen LogP contribution in [0.15, 0.2) is 67.0 Å². The first kappa shape index (κ1) is 37.6. The normalized spacial score (nSPS) is 17.2. The number of halogens is 3. The Hall–Kier alpha value is -6.17. The van der Waals surface area contributed by atoms with Crippen LogP contribution in [0, 0.1) is 0 Å². The number of piperazine rings is 1. The Morgan fingerprint density at radius 1 is 0.963 bits per heavy atom. The minimum Gasteiger partial charge on any atom is -0.453 e. The van der Waals surface area contributed by atoms with Crippen molar-refractivity contribution >= 4 is 35.8 Å². The van der Waals surface area contributed by atoms with Crippen LogP contribution in [0.5, 0.6) is 5.75 Å². The first-order valence-corrected chi connectivity index (χ1v) is 16.9. The number of ether oxygens (including phenoxy) is 3. The number of hydrogen-bond acceptors (Lipinski definition) is 10. The second-order valence-corrected chi connectivity index (χ2v) is 12.5. The molecule has 2 aliphatic rings. The molecular weight excluding hydrogens is 713 g/mol. The van der Waals surface area contributed by atoms with Gasteiger partial charge < -0.3 is 44.5 Å². The SMILES string of the molecule is COC(=O)NCC(=O)N1CC(OC)CC1c1ncc(-c2ccc(-c3ccc(NC(=O)c4ccc(N5CCN(C=O)CC5)nc4)cc3OC(F)(F)F)cc2)[nH]1. The van der Waals surface area contributed by atoms with Crippen LogP contribution < -0.4 is 20.3 Å². The van der Waals surface area contributed by atoms with Gasteiger partial charge in [0, 0.05) is 69.8 Å². The highest BCUT2D eigenvalue weighted by atomic mass is 19.4. The van der Waals surface area contributed by atoms with Crippen molar-refractivity contribution < 1.29 is 46.6 Å². The topological polar surface area (TPSA) is 171 Å². The van der Waals surface area contributed by atoms with Gasteiger partial charge in [0.15, 0.2) is 0 Å². The van der Waals surface area contributed by atoms with Crippen LogP contribution in [-0.2, 0) is 19.1 Å². The van der Waals surface area contributed by atoms with Gasteiger partial charge in [0.1, 0.15) is 23.9 Å². The number of carbonyl (C=O) groups is 4. The van der Waals surface area contributed by atoms with Crippen LogP contribution in [0.2, 0.25) is 0 Å². The van der Waals surface area contributed by atoms with E-state index in [1.54, 1.807) is 59.5 Å². The molecule has 0 saturated carbocycles. The van der Waals surface area contributed by atoms with E-state index in [1.165, 1.54) is 25.4 Å².